The number of benzene rings is 1. The topological polar surface area (TPSA) is 80.5 Å². The third-order valence-electron chi connectivity index (χ3n) is 2.51. The van der Waals surface area contributed by atoms with E-state index in [1.165, 1.54) is 6.33 Å². The zero-order valence-corrected chi connectivity index (χ0v) is 11.9. The number of halogens is 2. The Morgan fingerprint density at radius 2 is 2.11 bits per heavy atom. The van der Waals surface area contributed by atoms with Gasteiger partial charge in [0.25, 0.3) is 0 Å². The standard InChI is InChI=1S/C11H7ClIN5/c12-6-3-5(1-2-7(6)13)10-17-8-9(14)15-4-16-11(8)18-10/h1-4H,(H3,14,15,16,17,18). The predicted molar refractivity (Wildman–Crippen MR) is 79.3 cm³/mol. The molecule has 0 aliphatic carbocycles. The molecule has 1 aromatic carbocycles. The first-order valence-corrected chi connectivity index (χ1v) is 6.52. The second kappa shape index (κ2) is 4.36. The monoisotopic (exact) mass is 371 g/mol. The summed E-state index contributed by atoms with van der Waals surface area (Å²) in [6.45, 7) is 0. The molecule has 3 aromatic rings. The van der Waals surface area contributed by atoms with Gasteiger partial charge in [-0.1, -0.05) is 17.7 Å². The number of aromatic amines is 1. The largest absolute Gasteiger partial charge is 0.382 e. The highest BCUT2D eigenvalue weighted by Crippen LogP contribution is 2.26. The number of nitrogens with two attached hydrogens (primary N) is 1. The Balaban J connectivity index is 2.19. The lowest BCUT2D eigenvalue weighted by Crippen LogP contribution is -1.91. The van der Waals surface area contributed by atoms with Gasteiger partial charge in [-0.2, -0.15) is 0 Å². The van der Waals surface area contributed by atoms with Crippen LogP contribution < -0.4 is 5.73 Å². The Hall–Kier alpha value is -1.41. The van der Waals surface area contributed by atoms with Gasteiger partial charge in [0.1, 0.15) is 17.7 Å². The lowest BCUT2D eigenvalue weighted by Gasteiger charge is -1.99. The van der Waals surface area contributed by atoms with Crippen molar-refractivity contribution in [1.29, 1.82) is 0 Å². The Morgan fingerprint density at radius 3 is 2.83 bits per heavy atom. The smallest absolute Gasteiger partial charge is 0.183 e. The first kappa shape index (κ1) is 11.7. The Bertz CT molecular complexity index is 739. The van der Waals surface area contributed by atoms with Crippen LogP contribution in [0.2, 0.25) is 5.02 Å². The van der Waals surface area contributed by atoms with E-state index in [-0.39, 0.29) is 0 Å². The van der Waals surface area contributed by atoms with Crippen LogP contribution in [-0.4, -0.2) is 19.9 Å². The number of rotatable bonds is 1. The molecule has 2 aromatic heterocycles. The van der Waals surface area contributed by atoms with Crippen LogP contribution in [0.1, 0.15) is 0 Å². The van der Waals surface area contributed by atoms with Crippen molar-refractivity contribution in [3.63, 3.8) is 0 Å². The van der Waals surface area contributed by atoms with E-state index in [2.05, 4.69) is 42.5 Å². The van der Waals surface area contributed by atoms with Gasteiger partial charge < -0.3 is 10.7 Å². The molecule has 2 heterocycles. The highest BCUT2D eigenvalue weighted by Gasteiger charge is 2.10. The summed E-state index contributed by atoms with van der Waals surface area (Å²) in [7, 11) is 0. The number of imidazole rings is 1. The van der Waals surface area contributed by atoms with Crippen LogP contribution in [0.5, 0.6) is 0 Å². The van der Waals surface area contributed by atoms with Crippen LogP contribution in [0.3, 0.4) is 0 Å². The normalized spacial score (nSPS) is 11.0. The molecule has 0 aliphatic rings. The van der Waals surface area contributed by atoms with E-state index in [0.717, 1.165) is 9.13 Å². The third kappa shape index (κ3) is 1.91. The fourth-order valence-corrected chi connectivity index (χ4v) is 2.14. The molecule has 0 fully saturated rings. The van der Waals surface area contributed by atoms with E-state index < -0.39 is 0 Å². The Kier molecular flexibility index (Phi) is 2.83. The minimum absolute atomic E-state index is 0.385. The summed E-state index contributed by atoms with van der Waals surface area (Å²) in [6.07, 6.45) is 1.39. The number of H-pyrrole nitrogens is 1. The van der Waals surface area contributed by atoms with E-state index in [1.54, 1.807) is 0 Å². The van der Waals surface area contributed by atoms with Gasteiger partial charge in [-0.15, -0.1) is 0 Å². The van der Waals surface area contributed by atoms with E-state index in [9.17, 15) is 0 Å². The van der Waals surface area contributed by atoms with Crippen molar-refractivity contribution < 1.29 is 0 Å². The number of nitrogens with zero attached hydrogens (tertiary/aromatic N) is 3. The molecule has 0 amide bonds. The molecule has 0 saturated heterocycles. The number of hydrogen-bond acceptors (Lipinski definition) is 4. The lowest BCUT2D eigenvalue weighted by atomic mass is 10.2. The third-order valence-corrected chi connectivity index (χ3v) is 4.08. The molecular formula is C11H7ClIN5. The summed E-state index contributed by atoms with van der Waals surface area (Å²) in [4.78, 5) is 15.4. The zero-order valence-electron chi connectivity index (χ0n) is 8.98. The van der Waals surface area contributed by atoms with Gasteiger partial charge in [-0.05, 0) is 34.7 Å². The van der Waals surface area contributed by atoms with Gasteiger partial charge in [-0.25, -0.2) is 15.0 Å². The number of nitrogens with one attached hydrogen (secondary N) is 1. The lowest BCUT2D eigenvalue weighted by molar-refractivity contribution is 1.21. The SMILES string of the molecule is Nc1ncnc2nc(-c3ccc(I)c(Cl)c3)[nH]c12. The van der Waals surface area contributed by atoms with E-state index in [1.807, 2.05) is 18.2 Å². The van der Waals surface area contributed by atoms with Crippen LogP contribution in [0.15, 0.2) is 24.5 Å². The molecule has 0 bridgehead atoms. The second-order valence-electron chi connectivity index (χ2n) is 3.67. The minimum atomic E-state index is 0.385. The maximum absolute atomic E-state index is 6.09. The van der Waals surface area contributed by atoms with Gasteiger partial charge in [0.15, 0.2) is 11.5 Å². The zero-order chi connectivity index (χ0) is 12.7. The highest BCUT2D eigenvalue weighted by atomic mass is 127. The average molecular weight is 372 g/mol. The fraction of sp³-hybridized carbons (Fsp3) is 0. The van der Waals surface area contributed by atoms with Crippen LogP contribution in [-0.2, 0) is 0 Å². The number of aromatic nitrogens is 4. The van der Waals surface area contributed by atoms with E-state index in [0.29, 0.717) is 27.8 Å². The highest BCUT2D eigenvalue weighted by molar-refractivity contribution is 14.1. The van der Waals surface area contributed by atoms with Crippen LogP contribution in [0.4, 0.5) is 5.82 Å². The number of hydrogen-bond donors (Lipinski definition) is 2. The van der Waals surface area contributed by atoms with Gasteiger partial charge in [0.05, 0.1) is 5.02 Å². The molecule has 7 heteroatoms. The first-order chi connectivity index (χ1) is 8.65. The average Bonchev–Trinajstić information content (AvgIpc) is 2.78. The van der Waals surface area contributed by atoms with E-state index >= 15 is 0 Å². The number of fused-ring (bicyclic) bond motifs is 1. The van der Waals surface area contributed by atoms with Gasteiger partial charge in [0.2, 0.25) is 0 Å². The molecular weight excluding hydrogens is 365 g/mol. The first-order valence-electron chi connectivity index (χ1n) is 5.07. The Labute approximate surface area is 121 Å². The molecule has 0 atom stereocenters. The van der Waals surface area contributed by atoms with Gasteiger partial charge in [-0.3, -0.25) is 0 Å². The van der Waals surface area contributed by atoms with Crippen molar-refractivity contribution in [2.24, 2.45) is 0 Å². The summed E-state index contributed by atoms with van der Waals surface area (Å²) in [5.74, 6) is 1.06. The molecule has 0 saturated carbocycles. The summed E-state index contributed by atoms with van der Waals surface area (Å²) in [5.41, 5.74) is 7.83. The van der Waals surface area contributed by atoms with Crippen molar-refractivity contribution in [2.45, 2.75) is 0 Å². The van der Waals surface area contributed by atoms with Crippen LogP contribution >= 0.6 is 34.2 Å². The molecule has 5 nitrogen and oxygen atoms in total. The Morgan fingerprint density at radius 1 is 1.28 bits per heavy atom. The maximum atomic E-state index is 6.09. The van der Waals surface area contributed by atoms with Crippen molar-refractivity contribution >= 4 is 51.2 Å². The number of nitrogen functional groups attached to an aromatic ring is 1. The van der Waals surface area contributed by atoms with Crippen molar-refractivity contribution in [1.82, 2.24) is 19.9 Å². The molecule has 18 heavy (non-hydrogen) atoms. The fourth-order valence-electron chi connectivity index (χ4n) is 1.63. The van der Waals surface area contributed by atoms with Gasteiger partial charge in [0, 0.05) is 9.13 Å². The predicted octanol–water partition coefficient (Wildman–Crippen LogP) is 2.86. The van der Waals surface area contributed by atoms with Crippen molar-refractivity contribution in [2.75, 3.05) is 5.73 Å². The summed E-state index contributed by atoms with van der Waals surface area (Å²) in [5, 5.41) is 0.688. The molecule has 3 rings (SSSR count). The molecule has 0 aliphatic heterocycles. The summed E-state index contributed by atoms with van der Waals surface area (Å²) < 4.78 is 0.994. The molecule has 90 valence electrons. The van der Waals surface area contributed by atoms with Crippen molar-refractivity contribution in [3.05, 3.63) is 33.1 Å². The molecule has 0 unspecified atom stereocenters. The van der Waals surface area contributed by atoms with Crippen LogP contribution in [0, 0.1) is 3.57 Å². The van der Waals surface area contributed by atoms with E-state index in [4.69, 9.17) is 17.3 Å². The quantitative estimate of drug-likeness (QED) is 0.645. The molecule has 0 spiro atoms. The van der Waals surface area contributed by atoms with Gasteiger partial charge >= 0.3 is 0 Å². The molecule has 3 N–H and O–H groups in total. The second-order valence-corrected chi connectivity index (χ2v) is 5.24. The maximum Gasteiger partial charge on any atom is 0.183 e. The minimum Gasteiger partial charge on any atom is -0.382 e. The molecule has 0 radical (unpaired) electrons. The van der Waals surface area contributed by atoms with Crippen LogP contribution in [0.25, 0.3) is 22.6 Å². The number of anilines is 1. The van der Waals surface area contributed by atoms with Crippen molar-refractivity contribution in [3.8, 4) is 11.4 Å². The summed E-state index contributed by atoms with van der Waals surface area (Å²) >= 11 is 8.27. The summed E-state index contributed by atoms with van der Waals surface area (Å²) in [6, 6.07) is 5.72.